The van der Waals surface area contributed by atoms with Crippen LogP contribution in [0.25, 0.3) is 0 Å². The molecule has 1 aromatic heterocycles. The number of benzene rings is 1. The lowest BCUT2D eigenvalue weighted by Gasteiger charge is -2.27. The molecule has 1 fully saturated rings. The number of carbonyl (C=O) groups is 1. The van der Waals surface area contributed by atoms with Crippen molar-refractivity contribution in [3.8, 4) is 0 Å². The van der Waals surface area contributed by atoms with E-state index >= 15 is 0 Å². The number of hydrogen-bond donors (Lipinski definition) is 0. The van der Waals surface area contributed by atoms with Gasteiger partial charge in [0.25, 0.3) is 0 Å². The highest BCUT2D eigenvalue weighted by Crippen LogP contribution is 2.42. The molecule has 116 valence electrons. The predicted octanol–water partition coefficient (Wildman–Crippen LogP) is 3.89. The van der Waals surface area contributed by atoms with E-state index in [9.17, 15) is 9.18 Å². The van der Waals surface area contributed by atoms with Gasteiger partial charge in [-0.3, -0.25) is 4.79 Å². The first-order valence-electron chi connectivity index (χ1n) is 7.02. The molecule has 0 atom stereocenters. The Morgan fingerprint density at radius 1 is 1.41 bits per heavy atom. The molecule has 0 unspecified atom stereocenters. The van der Waals surface area contributed by atoms with Gasteiger partial charge in [-0.05, 0) is 30.5 Å². The summed E-state index contributed by atoms with van der Waals surface area (Å²) in [5, 5.41) is 3.82. The maximum absolute atomic E-state index is 13.5. The summed E-state index contributed by atoms with van der Waals surface area (Å²) in [5.74, 6) is -0.692. The number of esters is 1. The van der Waals surface area contributed by atoms with Crippen molar-refractivity contribution >= 4 is 29.1 Å². The third kappa shape index (κ3) is 2.85. The molecule has 1 aliphatic rings. The highest BCUT2D eigenvalue weighted by molar-refractivity contribution is 7.10. The normalized spacial score (nSPS) is 16.6. The van der Waals surface area contributed by atoms with Gasteiger partial charge in [0, 0.05) is 11.5 Å². The first kappa shape index (κ1) is 15.4. The molecule has 1 saturated carbocycles. The van der Waals surface area contributed by atoms with Gasteiger partial charge >= 0.3 is 5.97 Å². The Hall–Kier alpha value is -1.53. The molecule has 2 aromatic rings. The van der Waals surface area contributed by atoms with Crippen LogP contribution in [0, 0.1) is 5.82 Å². The maximum atomic E-state index is 13.5. The van der Waals surface area contributed by atoms with Crippen molar-refractivity contribution in [1.82, 2.24) is 9.59 Å². The van der Waals surface area contributed by atoms with Gasteiger partial charge in [0.05, 0.1) is 5.41 Å². The average Bonchev–Trinajstić information content (AvgIpc) is 3.15. The molecule has 0 N–H and O–H groups in total. The molecular formula is C15H14ClFN2O2S. The van der Waals surface area contributed by atoms with Crippen LogP contribution in [0.1, 0.15) is 36.9 Å². The summed E-state index contributed by atoms with van der Waals surface area (Å²) in [5.41, 5.74) is 0.364. The Morgan fingerprint density at radius 2 is 2.18 bits per heavy atom. The van der Waals surface area contributed by atoms with Crippen LogP contribution in [-0.4, -0.2) is 15.6 Å². The zero-order chi connectivity index (χ0) is 15.6. The first-order chi connectivity index (χ1) is 10.6. The van der Waals surface area contributed by atoms with E-state index in [1.54, 1.807) is 12.1 Å². The number of halogens is 2. The van der Waals surface area contributed by atoms with E-state index in [1.165, 1.54) is 12.1 Å². The Kier molecular flexibility index (Phi) is 4.40. The number of hydrogen-bond acceptors (Lipinski definition) is 5. The van der Waals surface area contributed by atoms with E-state index in [1.807, 2.05) is 0 Å². The van der Waals surface area contributed by atoms with Crippen molar-refractivity contribution in [3.63, 3.8) is 0 Å². The quantitative estimate of drug-likeness (QED) is 0.792. The van der Waals surface area contributed by atoms with Gasteiger partial charge in [0.15, 0.2) is 0 Å². The van der Waals surface area contributed by atoms with Crippen LogP contribution in [0.2, 0.25) is 4.34 Å². The first-order valence-corrected chi connectivity index (χ1v) is 8.17. The third-order valence-corrected chi connectivity index (χ3v) is 5.06. The lowest BCUT2D eigenvalue weighted by molar-refractivity contribution is -0.152. The molecule has 22 heavy (non-hydrogen) atoms. The molecule has 4 nitrogen and oxygen atoms in total. The number of nitrogens with zero attached hydrogens (tertiary/aromatic N) is 2. The Morgan fingerprint density at radius 3 is 2.82 bits per heavy atom. The summed E-state index contributed by atoms with van der Waals surface area (Å²) in [7, 11) is 0. The third-order valence-electron chi connectivity index (χ3n) is 4.07. The fraction of sp³-hybridized carbons (Fsp3) is 0.400. The van der Waals surface area contributed by atoms with Crippen LogP contribution in [-0.2, 0) is 21.6 Å². The molecule has 1 aliphatic carbocycles. The van der Waals surface area contributed by atoms with Crippen molar-refractivity contribution in [2.45, 2.75) is 37.7 Å². The summed E-state index contributed by atoms with van der Waals surface area (Å²) < 4.78 is 23.1. The van der Waals surface area contributed by atoms with Gasteiger partial charge in [-0.25, -0.2) is 4.39 Å². The van der Waals surface area contributed by atoms with Crippen molar-refractivity contribution in [2.24, 2.45) is 0 Å². The predicted molar refractivity (Wildman–Crippen MR) is 81.3 cm³/mol. The second-order valence-corrected chi connectivity index (χ2v) is 6.73. The molecule has 0 radical (unpaired) electrons. The number of rotatable bonds is 4. The van der Waals surface area contributed by atoms with E-state index in [-0.39, 0.29) is 18.4 Å². The van der Waals surface area contributed by atoms with Crippen molar-refractivity contribution in [2.75, 3.05) is 0 Å². The number of carbonyl (C=O) groups excluding carboxylic acids is 1. The molecular weight excluding hydrogens is 327 g/mol. The van der Waals surface area contributed by atoms with Crippen LogP contribution in [0.15, 0.2) is 24.3 Å². The SMILES string of the molecule is O=C(OCc1nnsc1Cl)C1(c2cccc(F)c2)CCCC1. The fourth-order valence-electron chi connectivity index (χ4n) is 2.93. The van der Waals surface area contributed by atoms with Crippen LogP contribution < -0.4 is 0 Å². The van der Waals surface area contributed by atoms with Gasteiger partial charge in [-0.15, -0.1) is 5.10 Å². The second kappa shape index (κ2) is 6.30. The van der Waals surface area contributed by atoms with Gasteiger partial charge in [-0.1, -0.05) is 41.1 Å². The van der Waals surface area contributed by atoms with Crippen molar-refractivity contribution in [3.05, 3.63) is 45.7 Å². The lowest BCUT2D eigenvalue weighted by atomic mass is 9.79. The van der Waals surface area contributed by atoms with Crippen molar-refractivity contribution in [1.29, 1.82) is 0 Å². The van der Waals surface area contributed by atoms with E-state index in [0.717, 1.165) is 24.4 Å². The molecule has 0 saturated heterocycles. The van der Waals surface area contributed by atoms with E-state index in [0.29, 0.717) is 28.4 Å². The summed E-state index contributed by atoms with van der Waals surface area (Å²) in [4.78, 5) is 12.7. The summed E-state index contributed by atoms with van der Waals surface area (Å²) >= 11 is 6.96. The number of ether oxygens (including phenoxy) is 1. The van der Waals surface area contributed by atoms with Gasteiger partial charge in [-0.2, -0.15) is 0 Å². The van der Waals surface area contributed by atoms with Crippen LogP contribution in [0.4, 0.5) is 4.39 Å². The lowest BCUT2D eigenvalue weighted by Crippen LogP contribution is -2.34. The molecule has 0 aliphatic heterocycles. The summed E-state index contributed by atoms with van der Waals surface area (Å²) in [6, 6.07) is 6.20. The highest BCUT2D eigenvalue weighted by atomic mass is 35.5. The fourth-order valence-corrected chi connectivity index (χ4v) is 3.53. The summed E-state index contributed by atoms with van der Waals surface area (Å²) in [6.07, 6.45) is 3.17. The molecule has 0 amide bonds. The summed E-state index contributed by atoms with van der Waals surface area (Å²) in [6.45, 7) is -0.00870. The van der Waals surface area contributed by atoms with E-state index in [2.05, 4.69) is 9.59 Å². The average molecular weight is 341 g/mol. The topological polar surface area (TPSA) is 52.1 Å². The second-order valence-electron chi connectivity index (χ2n) is 5.37. The highest BCUT2D eigenvalue weighted by Gasteiger charge is 2.44. The molecule has 1 aromatic carbocycles. The minimum Gasteiger partial charge on any atom is -0.458 e. The standard InChI is InChI=1S/C15H14ClFN2O2S/c16-13-12(18-19-22-13)9-21-14(20)15(6-1-2-7-15)10-4-3-5-11(17)8-10/h3-5,8H,1-2,6-7,9H2. The molecule has 3 rings (SSSR count). The largest absolute Gasteiger partial charge is 0.458 e. The zero-order valence-corrected chi connectivity index (χ0v) is 13.3. The Balaban J connectivity index is 1.81. The van der Waals surface area contributed by atoms with E-state index < -0.39 is 5.41 Å². The minimum atomic E-state index is -0.766. The van der Waals surface area contributed by atoms with Gasteiger partial charge < -0.3 is 4.74 Å². The van der Waals surface area contributed by atoms with Crippen molar-refractivity contribution < 1.29 is 13.9 Å². The Labute approximate surface area is 136 Å². The molecule has 0 bridgehead atoms. The van der Waals surface area contributed by atoms with Gasteiger partial charge in [0.2, 0.25) is 0 Å². The monoisotopic (exact) mass is 340 g/mol. The van der Waals surface area contributed by atoms with E-state index in [4.69, 9.17) is 16.3 Å². The molecule has 1 heterocycles. The maximum Gasteiger partial charge on any atom is 0.316 e. The van der Waals surface area contributed by atoms with Gasteiger partial charge in [0.1, 0.15) is 22.5 Å². The smallest absolute Gasteiger partial charge is 0.316 e. The van der Waals surface area contributed by atoms with Crippen LogP contribution in [0.3, 0.4) is 0 Å². The van der Waals surface area contributed by atoms with Crippen LogP contribution in [0.5, 0.6) is 0 Å². The van der Waals surface area contributed by atoms with Crippen LogP contribution >= 0.6 is 23.1 Å². The Bertz CT molecular complexity index is 686. The number of aromatic nitrogens is 2. The minimum absolute atomic E-state index is 0.00870. The molecule has 7 heteroatoms. The zero-order valence-electron chi connectivity index (χ0n) is 11.7. The molecule has 0 spiro atoms.